The van der Waals surface area contributed by atoms with Crippen LogP contribution in [0.25, 0.3) is 10.9 Å². The Morgan fingerprint density at radius 3 is 2.57 bits per heavy atom. The number of pyridine rings is 1. The van der Waals surface area contributed by atoms with Crippen molar-refractivity contribution < 1.29 is 55.0 Å². The van der Waals surface area contributed by atoms with Crippen molar-refractivity contribution >= 4 is 44.5 Å². The number of aryl methyl sites for hydroxylation is 1. The minimum absolute atomic E-state index is 0.105. The molecule has 3 fully saturated rings. The number of alkyl halides is 3. The monoisotopic (exact) mass is 831 g/mol. The summed E-state index contributed by atoms with van der Waals surface area (Å²) in [6.45, 7) is 4.92. The molecule has 7 rings (SSSR count). The van der Waals surface area contributed by atoms with Gasteiger partial charge in [0.25, 0.3) is 0 Å². The highest BCUT2D eigenvalue weighted by Gasteiger charge is 2.63. The topological polar surface area (TPSA) is 158 Å². The van der Waals surface area contributed by atoms with Crippen molar-refractivity contribution in [2.24, 2.45) is 17.3 Å². The zero-order valence-corrected chi connectivity index (χ0v) is 34.2. The van der Waals surface area contributed by atoms with Gasteiger partial charge in [-0.2, -0.15) is 13.2 Å². The summed E-state index contributed by atoms with van der Waals surface area (Å²) in [7, 11) is -2.60. The SMILES string of the molecule is CC[C@@H](C)OC(=O)C[C@H]1CCCCC/C=C\[C@@H]2C[C@@]2(C(=O)NS(=O)(=O)C2(C)CC2)CC(=O)[C@@H]2C[C@]3(CCc4c(c(C(F)(F)F)nc5ccc(OC)cc45)O3)CN2C1=O. The van der Waals surface area contributed by atoms with Crippen LogP contribution in [0.15, 0.2) is 30.4 Å². The van der Waals surface area contributed by atoms with E-state index in [1.54, 1.807) is 19.9 Å². The van der Waals surface area contributed by atoms with Crippen LogP contribution in [-0.4, -0.2) is 78.0 Å². The number of hydrogen-bond donors (Lipinski definition) is 1. The number of ether oxygens (including phenoxy) is 3. The number of esters is 1. The number of sulfonamides is 1. The third-order valence-electron chi connectivity index (χ3n) is 13.1. The molecule has 1 N–H and O–H groups in total. The molecule has 12 nitrogen and oxygen atoms in total. The number of fused-ring (bicyclic) bond motifs is 5. The predicted molar refractivity (Wildman–Crippen MR) is 206 cm³/mol. The molecule has 1 aromatic carbocycles. The second kappa shape index (κ2) is 15.4. The summed E-state index contributed by atoms with van der Waals surface area (Å²) in [5.41, 5.74) is -3.69. The van der Waals surface area contributed by atoms with E-state index >= 15 is 0 Å². The molecule has 0 radical (unpaired) electrons. The van der Waals surface area contributed by atoms with Gasteiger partial charge in [0.15, 0.2) is 17.2 Å². The molecule has 2 saturated carbocycles. The number of hydrogen-bond acceptors (Lipinski definition) is 10. The average molecular weight is 832 g/mol. The standard InChI is InChI=1S/C42H52F3N3O9S/c1-5-25(2)56-34(50)19-26-11-9-7-6-8-10-12-27-21-41(27,38(52)47-58(53,54)39(3)17-18-39)23-33(49)32-22-40(24-48(32)37(26)51)16-15-29-30-20-28(55-4)13-14-31(30)46-36(35(29)57-40)42(43,44)45/h10,12-14,20,25-27,32H,5-9,11,15-19,21-24H2,1-4H3,(H,47,52)/b12-10-/t25-,26-,27-,32+,40-,41-/m1/s1. The van der Waals surface area contributed by atoms with Gasteiger partial charge in [-0.05, 0) is 95.8 Å². The number of nitrogens with zero attached hydrogens (tertiary/aromatic N) is 2. The van der Waals surface area contributed by atoms with E-state index in [0.717, 1.165) is 12.8 Å². The Kier molecular flexibility index (Phi) is 11.2. The minimum atomic E-state index is -4.90. The van der Waals surface area contributed by atoms with E-state index in [0.29, 0.717) is 49.7 Å². The Bertz CT molecular complexity index is 2140. The second-order valence-corrected chi connectivity index (χ2v) is 19.5. The van der Waals surface area contributed by atoms with Crippen molar-refractivity contribution in [3.8, 4) is 11.5 Å². The summed E-state index contributed by atoms with van der Waals surface area (Å²) in [5, 5.41) is 0.424. The molecule has 1 aromatic heterocycles. The number of carbonyl (C=O) groups is 4. The van der Waals surface area contributed by atoms with Crippen LogP contribution in [-0.2, 0) is 46.5 Å². The highest BCUT2D eigenvalue weighted by molar-refractivity contribution is 7.91. The zero-order valence-electron chi connectivity index (χ0n) is 33.4. The first-order valence-electron chi connectivity index (χ1n) is 20.4. The number of allylic oxidation sites excluding steroid dienone is 2. The third kappa shape index (κ3) is 8.05. The van der Waals surface area contributed by atoms with E-state index < -0.39 is 91.3 Å². The summed E-state index contributed by atoms with van der Waals surface area (Å²) in [6.07, 6.45) is 2.55. The third-order valence-corrected chi connectivity index (χ3v) is 15.2. The van der Waals surface area contributed by atoms with Crippen molar-refractivity contribution in [1.29, 1.82) is 0 Å². The smallest absolute Gasteiger partial charge is 0.437 e. The Hall–Kier alpha value is -4.21. The van der Waals surface area contributed by atoms with Gasteiger partial charge in [0.2, 0.25) is 21.8 Å². The maximum Gasteiger partial charge on any atom is 0.437 e. The fourth-order valence-electron chi connectivity index (χ4n) is 8.86. The molecule has 1 spiro atoms. The van der Waals surface area contributed by atoms with Crippen LogP contribution < -0.4 is 14.2 Å². The van der Waals surface area contributed by atoms with E-state index in [1.165, 1.54) is 24.1 Å². The average Bonchev–Trinajstić information content (AvgIpc) is 4.06. The number of halogens is 3. The first-order chi connectivity index (χ1) is 27.3. The van der Waals surface area contributed by atoms with Gasteiger partial charge >= 0.3 is 12.1 Å². The van der Waals surface area contributed by atoms with Gasteiger partial charge in [0, 0.05) is 29.7 Å². The maximum atomic E-state index is 14.8. The zero-order chi connectivity index (χ0) is 41.8. The Morgan fingerprint density at radius 1 is 1.12 bits per heavy atom. The Labute approximate surface area is 336 Å². The normalized spacial score (nSPS) is 29.5. The first kappa shape index (κ1) is 41.9. The number of ketones is 1. The Morgan fingerprint density at radius 2 is 1.88 bits per heavy atom. The van der Waals surface area contributed by atoms with Crippen molar-refractivity contribution in [2.45, 2.75) is 139 Å². The van der Waals surface area contributed by atoms with Crippen molar-refractivity contribution in [3.05, 3.63) is 41.6 Å². The van der Waals surface area contributed by atoms with Gasteiger partial charge in [-0.1, -0.05) is 31.9 Å². The van der Waals surface area contributed by atoms with E-state index in [4.69, 9.17) is 14.2 Å². The van der Waals surface area contributed by atoms with Crippen LogP contribution in [0.1, 0.15) is 115 Å². The van der Waals surface area contributed by atoms with Gasteiger partial charge in [-0.15, -0.1) is 0 Å². The molecule has 4 heterocycles. The molecule has 1 saturated heterocycles. The number of carbonyl (C=O) groups excluding carboxylic acids is 4. The van der Waals surface area contributed by atoms with Crippen molar-refractivity contribution in [3.63, 3.8) is 0 Å². The number of Topliss-reactive ketones (excluding diaryl/α,β-unsaturated/α-hetero) is 1. The van der Waals surface area contributed by atoms with Gasteiger partial charge in [0.05, 0.1) is 47.9 Å². The number of methoxy groups -OCH3 is 1. The van der Waals surface area contributed by atoms with Gasteiger partial charge < -0.3 is 19.1 Å². The lowest BCUT2D eigenvalue weighted by molar-refractivity contribution is -0.153. The summed E-state index contributed by atoms with van der Waals surface area (Å²) in [5.74, 6) is -3.79. The highest BCUT2D eigenvalue weighted by atomic mass is 32.2. The van der Waals surface area contributed by atoms with E-state index in [9.17, 15) is 40.8 Å². The number of benzene rings is 1. The van der Waals surface area contributed by atoms with E-state index in [1.807, 2.05) is 19.1 Å². The van der Waals surface area contributed by atoms with Gasteiger partial charge in [-0.3, -0.25) is 23.9 Å². The number of rotatable bonds is 8. The minimum Gasteiger partial charge on any atom is -0.497 e. The predicted octanol–water partition coefficient (Wildman–Crippen LogP) is 6.76. The molecule has 2 amide bonds. The molecular weight excluding hydrogens is 780 g/mol. The molecule has 5 aliphatic rings. The van der Waals surface area contributed by atoms with Crippen LogP contribution in [0.2, 0.25) is 0 Å². The molecule has 3 aliphatic heterocycles. The molecule has 2 aliphatic carbocycles. The van der Waals surface area contributed by atoms with Gasteiger partial charge in [0.1, 0.15) is 11.4 Å². The summed E-state index contributed by atoms with van der Waals surface area (Å²) >= 11 is 0. The van der Waals surface area contributed by atoms with Crippen LogP contribution in [0, 0.1) is 17.3 Å². The lowest BCUT2D eigenvalue weighted by Gasteiger charge is -2.37. The van der Waals surface area contributed by atoms with Crippen LogP contribution >= 0.6 is 0 Å². The summed E-state index contributed by atoms with van der Waals surface area (Å²) in [6, 6.07) is 3.35. The van der Waals surface area contributed by atoms with Crippen molar-refractivity contribution in [1.82, 2.24) is 14.6 Å². The molecule has 0 unspecified atom stereocenters. The fraction of sp³-hybridized carbons (Fsp3) is 0.643. The van der Waals surface area contributed by atoms with E-state index in [2.05, 4.69) is 9.71 Å². The molecular formula is C42H52F3N3O9S. The second-order valence-electron chi connectivity index (χ2n) is 17.3. The number of nitrogens with one attached hydrogen (secondary N) is 1. The molecule has 16 heteroatoms. The van der Waals surface area contributed by atoms with Crippen LogP contribution in [0.4, 0.5) is 13.2 Å². The highest BCUT2D eigenvalue weighted by Crippen LogP contribution is 2.58. The Balaban J connectivity index is 1.27. The molecule has 6 atom stereocenters. The first-order valence-corrected chi connectivity index (χ1v) is 21.9. The van der Waals surface area contributed by atoms with E-state index in [-0.39, 0.29) is 55.8 Å². The lowest BCUT2D eigenvalue weighted by atomic mass is 9.85. The summed E-state index contributed by atoms with van der Waals surface area (Å²) < 4.78 is 89.2. The van der Waals surface area contributed by atoms with Crippen LogP contribution in [0.5, 0.6) is 11.5 Å². The number of amides is 2. The maximum absolute atomic E-state index is 14.8. The molecule has 316 valence electrons. The lowest BCUT2D eigenvalue weighted by Crippen LogP contribution is -2.48. The molecule has 0 bridgehead atoms. The van der Waals surface area contributed by atoms with Gasteiger partial charge in [-0.25, -0.2) is 13.4 Å². The quantitative estimate of drug-likeness (QED) is 0.223. The fourth-order valence-corrected chi connectivity index (χ4v) is 10.2. The molecule has 58 heavy (non-hydrogen) atoms. The van der Waals surface area contributed by atoms with Crippen LogP contribution in [0.3, 0.4) is 0 Å². The molecule has 2 aromatic rings. The summed E-state index contributed by atoms with van der Waals surface area (Å²) in [4.78, 5) is 62.0. The van der Waals surface area contributed by atoms with Crippen molar-refractivity contribution in [2.75, 3.05) is 13.7 Å². The largest absolute Gasteiger partial charge is 0.497 e. The number of aromatic nitrogens is 1.